The van der Waals surface area contributed by atoms with Crippen molar-refractivity contribution in [2.75, 3.05) is 12.0 Å². The zero-order chi connectivity index (χ0) is 12.2. The van der Waals surface area contributed by atoms with Gasteiger partial charge in [0.25, 0.3) is 0 Å². The Morgan fingerprint density at radius 2 is 1.94 bits per heavy atom. The summed E-state index contributed by atoms with van der Waals surface area (Å²) >= 11 is 0. The molecule has 3 nitrogen and oxygen atoms in total. The van der Waals surface area contributed by atoms with Crippen LogP contribution < -0.4 is 0 Å². The molecule has 0 spiro atoms. The minimum Gasteiger partial charge on any atom is -0.229 e. The largest absolute Gasteiger partial charge is 0.229 e. The molecular formula is C12H21NO2S. The Morgan fingerprint density at radius 1 is 1.38 bits per heavy atom. The second-order valence-electron chi connectivity index (χ2n) is 5.12. The monoisotopic (exact) mass is 243 g/mol. The van der Waals surface area contributed by atoms with E-state index in [0.29, 0.717) is 6.42 Å². The summed E-state index contributed by atoms with van der Waals surface area (Å²) in [5.74, 6) is 0.886. The fraction of sp³-hybridized carbons (Fsp3) is 0.917. The zero-order valence-electron chi connectivity index (χ0n) is 10.2. The van der Waals surface area contributed by atoms with E-state index in [1.807, 2.05) is 0 Å². The van der Waals surface area contributed by atoms with E-state index in [1.165, 1.54) is 12.7 Å². The lowest BCUT2D eigenvalue weighted by atomic mass is 9.69. The Labute approximate surface area is 98.8 Å². The van der Waals surface area contributed by atoms with Crippen LogP contribution in [0.3, 0.4) is 0 Å². The molecule has 0 bridgehead atoms. The molecule has 1 fully saturated rings. The molecule has 0 radical (unpaired) electrons. The summed E-state index contributed by atoms with van der Waals surface area (Å²) in [4.78, 5) is 0. The van der Waals surface area contributed by atoms with Crippen molar-refractivity contribution in [2.24, 2.45) is 11.3 Å². The van der Waals surface area contributed by atoms with Gasteiger partial charge in [-0.05, 0) is 38.0 Å². The quantitative estimate of drug-likeness (QED) is 0.762. The number of nitriles is 1. The Balaban J connectivity index is 2.57. The zero-order valence-corrected chi connectivity index (χ0v) is 11.0. The fourth-order valence-electron chi connectivity index (χ4n) is 2.44. The van der Waals surface area contributed by atoms with Crippen LogP contribution >= 0.6 is 0 Å². The third-order valence-corrected chi connectivity index (χ3v) is 4.77. The van der Waals surface area contributed by atoms with Gasteiger partial charge < -0.3 is 0 Å². The predicted octanol–water partition coefficient (Wildman–Crippen LogP) is 2.53. The van der Waals surface area contributed by atoms with Gasteiger partial charge in [0.05, 0.1) is 17.2 Å². The van der Waals surface area contributed by atoms with Crippen LogP contribution in [0.2, 0.25) is 0 Å². The van der Waals surface area contributed by atoms with Gasteiger partial charge in [-0.1, -0.05) is 13.3 Å². The highest BCUT2D eigenvalue weighted by Gasteiger charge is 2.35. The van der Waals surface area contributed by atoms with E-state index in [4.69, 9.17) is 0 Å². The van der Waals surface area contributed by atoms with Crippen molar-refractivity contribution in [3.8, 4) is 6.07 Å². The van der Waals surface area contributed by atoms with E-state index in [9.17, 15) is 13.7 Å². The lowest BCUT2D eigenvalue weighted by Gasteiger charge is -2.34. The van der Waals surface area contributed by atoms with Gasteiger partial charge in [0.1, 0.15) is 9.84 Å². The number of nitrogens with zero attached hydrogens (tertiary/aromatic N) is 1. The minimum absolute atomic E-state index is 0.150. The summed E-state index contributed by atoms with van der Waals surface area (Å²) in [6.45, 7) is 2.18. The van der Waals surface area contributed by atoms with Gasteiger partial charge in [-0.2, -0.15) is 5.26 Å². The van der Waals surface area contributed by atoms with Crippen LogP contribution in [-0.2, 0) is 9.84 Å². The molecule has 1 rings (SSSR count). The predicted molar refractivity (Wildman–Crippen MR) is 64.6 cm³/mol. The maximum atomic E-state index is 11.1. The van der Waals surface area contributed by atoms with Crippen molar-refractivity contribution in [2.45, 2.75) is 45.4 Å². The van der Waals surface area contributed by atoms with Gasteiger partial charge in [-0.25, -0.2) is 8.42 Å². The summed E-state index contributed by atoms with van der Waals surface area (Å²) in [6, 6.07) is 2.37. The van der Waals surface area contributed by atoms with Crippen molar-refractivity contribution in [3.63, 3.8) is 0 Å². The average Bonchev–Trinajstić information content (AvgIpc) is 2.26. The Bertz CT molecular complexity index is 359. The van der Waals surface area contributed by atoms with Gasteiger partial charge in [-0.15, -0.1) is 0 Å². The molecule has 0 amide bonds. The van der Waals surface area contributed by atoms with Crippen molar-refractivity contribution < 1.29 is 8.42 Å². The Hall–Kier alpha value is -0.560. The van der Waals surface area contributed by atoms with Gasteiger partial charge in [0.2, 0.25) is 0 Å². The van der Waals surface area contributed by atoms with Crippen LogP contribution in [0.1, 0.15) is 45.4 Å². The standard InChI is InChI=1S/C12H21NO2S/c1-3-11-4-6-12(10-13,7-5-11)8-9-16(2,14)15/h11H,3-9H2,1-2H3. The van der Waals surface area contributed by atoms with Crippen molar-refractivity contribution >= 4 is 9.84 Å². The molecule has 4 heteroatoms. The molecule has 0 aliphatic heterocycles. The van der Waals surface area contributed by atoms with E-state index in [1.54, 1.807) is 0 Å². The minimum atomic E-state index is -2.94. The summed E-state index contributed by atoms with van der Waals surface area (Å²) < 4.78 is 22.3. The third-order valence-electron chi connectivity index (χ3n) is 3.83. The molecule has 0 heterocycles. The van der Waals surface area contributed by atoms with Crippen molar-refractivity contribution in [3.05, 3.63) is 0 Å². The summed E-state index contributed by atoms with van der Waals surface area (Å²) in [5, 5.41) is 9.25. The van der Waals surface area contributed by atoms with Gasteiger partial charge in [0, 0.05) is 6.26 Å². The molecule has 0 aromatic heterocycles. The lowest BCUT2D eigenvalue weighted by Crippen LogP contribution is -2.28. The van der Waals surface area contributed by atoms with Crippen LogP contribution in [0, 0.1) is 22.7 Å². The summed E-state index contributed by atoms with van der Waals surface area (Å²) in [7, 11) is -2.94. The molecule has 0 saturated heterocycles. The van der Waals surface area contributed by atoms with E-state index in [-0.39, 0.29) is 11.2 Å². The molecule has 1 saturated carbocycles. The second-order valence-corrected chi connectivity index (χ2v) is 7.38. The Kier molecular flexibility index (Phi) is 4.37. The highest BCUT2D eigenvalue weighted by atomic mass is 32.2. The molecule has 1 aliphatic carbocycles. The fourth-order valence-corrected chi connectivity index (χ4v) is 3.20. The SMILES string of the molecule is CCC1CCC(C#N)(CCS(C)(=O)=O)CC1. The van der Waals surface area contributed by atoms with Crippen LogP contribution in [-0.4, -0.2) is 20.4 Å². The topological polar surface area (TPSA) is 57.9 Å². The first kappa shape index (κ1) is 13.5. The smallest absolute Gasteiger partial charge is 0.147 e. The molecule has 0 atom stereocenters. The molecule has 0 aromatic rings. The highest BCUT2D eigenvalue weighted by molar-refractivity contribution is 7.90. The van der Waals surface area contributed by atoms with E-state index < -0.39 is 9.84 Å². The molecular weight excluding hydrogens is 222 g/mol. The number of hydrogen-bond donors (Lipinski definition) is 0. The average molecular weight is 243 g/mol. The second kappa shape index (κ2) is 5.18. The first-order valence-corrected chi connectivity index (χ1v) is 8.06. The van der Waals surface area contributed by atoms with Crippen molar-refractivity contribution in [1.82, 2.24) is 0 Å². The number of rotatable bonds is 4. The van der Waals surface area contributed by atoms with Crippen LogP contribution in [0.5, 0.6) is 0 Å². The number of hydrogen-bond acceptors (Lipinski definition) is 3. The van der Waals surface area contributed by atoms with E-state index in [2.05, 4.69) is 13.0 Å². The van der Waals surface area contributed by atoms with Crippen LogP contribution in [0.4, 0.5) is 0 Å². The molecule has 0 aromatic carbocycles. The first-order chi connectivity index (χ1) is 7.41. The normalized spacial score (nSPS) is 30.9. The van der Waals surface area contributed by atoms with Crippen LogP contribution in [0.15, 0.2) is 0 Å². The maximum Gasteiger partial charge on any atom is 0.147 e. The van der Waals surface area contributed by atoms with Gasteiger partial charge >= 0.3 is 0 Å². The molecule has 16 heavy (non-hydrogen) atoms. The van der Waals surface area contributed by atoms with Crippen LogP contribution in [0.25, 0.3) is 0 Å². The molecule has 92 valence electrons. The summed E-state index contributed by atoms with van der Waals surface area (Å²) in [6.07, 6.45) is 6.83. The third kappa shape index (κ3) is 3.79. The van der Waals surface area contributed by atoms with Gasteiger partial charge in [-0.3, -0.25) is 0 Å². The Morgan fingerprint density at radius 3 is 2.31 bits per heavy atom. The molecule has 0 unspecified atom stereocenters. The molecule has 0 N–H and O–H groups in total. The summed E-state index contributed by atoms with van der Waals surface area (Å²) in [5.41, 5.74) is -0.366. The maximum absolute atomic E-state index is 11.1. The first-order valence-electron chi connectivity index (χ1n) is 6.00. The van der Waals surface area contributed by atoms with Gasteiger partial charge in [0.15, 0.2) is 0 Å². The van der Waals surface area contributed by atoms with Crippen molar-refractivity contribution in [1.29, 1.82) is 5.26 Å². The highest BCUT2D eigenvalue weighted by Crippen LogP contribution is 2.42. The number of sulfone groups is 1. The van der Waals surface area contributed by atoms with E-state index >= 15 is 0 Å². The lowest BCUT2D eigenvalue weighted by molar-refractivity contribution is 0.201. The molecule has 1 aliphatic rings. The van der Waals surface area contributed by atoms with E-state index in [0.717, 1.165) is 31.6 Å².